The summed E-state index contributed by atoms with van der Waals surface area (Å²) in [6.45, 7) is 2.32. The zero-order valence-corrected chi connectivity index (χ0v) is 14.8. The quantitative estimate of drug-likeness (QED) is 0.926. The topological polar surface area (TPSA) is 67.2 Å². The summed E-state index contributed by atoms with van der Waals surface area (Å²) in [4.78, 5) is 30.3. The number of hydrogen-bond acceptors (Lipinski definition) is 4. The van der Waals surface area contributed by atoms with Gasteiger partial charge in [0.1, 0.15) is 0 Å². The van der Waals surface area contributed by atoms with Gasteiger partial charge in [-0.1, -0.05) is 0 Å². The second-order valence-corrected chi connectivity index (χ2v) is 7.01. The summed E-state index contributed by atoms with van der Waals surface area (Å²) in [6, 6.07) is 3.96. The van der Waals surface area contributed by atoms with Gasteiger partial charge in [0, 0.05) is 44.6 Å². The highest BCUT2D eigenvalue weighted by Crippen LogP contribution is 2.26. The van der Waals surface area contributed by atoms with Crippen LogP contribution in [0, 0.1) is 0 Å². The number of thiazole rings is 1. The predicted octanol–water partition coefficient (Wildman–Crippen LogP) is 2.88. The normalized spacial score (nSPS) is 17.8. The zero-order chi connectivity index (χ0) is 17.1. The highest BCUT2D eigenvalue weighted by molar-refractivity contribution is 7.14. The van der Waals surface area contributed by atoms with Crippen molar-refractivity contribution in [2.45, 2.75) is 38.6 Å². The molecule has 128 valence electrons. The minimum Gasteiger partial charge on any atom is -0.349 e. The van der Waals surface area contributed by atoms with Gasteiger partial charge in [0.2, 0.25) is 11.8 Å². The highest BCUT2D eigenvalue weighted by Gasteiger charge is 2.26. The average molecular weight is 346 g/mol. The molecule has 0 unspecified atom stereocenters. The second kappa shape index (κ2) is 7.17. The number of anilines is 1. The van der Waals surface area contributed by atoms with E-state index < -0.39 is 0 Å². The van der Waals surface area contributed by atoms with Crippen LogP contribution in [0.25, 0.3) is 11.4 Å². The molecular formula is C17H22N4O2S. The van der Waals surface area contributed by atoms with Gasteiger partial charge in [-0.15, -0.1) is 11.3 Å². The number of likely N-dealkylation sites (tertiary alicyclic amines) is 1. The first-order valence-electron chi connectivity index (χ1n) is 8.19. The van der Waals surface area contributed by atoms with Gasteiger partial charge < -0.3 is 14.8 Å². The Morgan fingerprint density at radius 1 is 1.42 bits per heavy atom. The van der Waals surface area contributed by atoms with Gasteiger partial charge >= 0.3 is 0 Å². The van der Waals surface area contributed by atoms with Crippen molar-refractivity contribution in [2.24, 2.45) is 7.05 Å². The lowest BCUT2D eigenvalue weighted by Gasteiger charge is -2.34. The number of aromatic nitrogens is 2. The first-order valence-corrected chi connectivity index (χ1v) is 9.07. The van der Waals surface area contributed by atoms with Gasteiger partial charge in [-0.2, -0.15) is 0 Å². The van der Waals surface area contributed by atoms with Gasteiger partial charge in [-0.25, -0.2) is 4.98 Å². The Balaban J connectivity index is 1.62. The van der Waals surface area contributed by atoms with E-state index in [1.54, 1.807) is 6.92 Å². The first kappa shape index (κ1) is 16.7. The summed E-state index contributed by atoms with van der Waals surface area (Å²) < 4.78 is 1.99. The molecule has 3 heterocycles. The molecule has 3 rings (SSSR count). The molecule has 2 aromatic rings. The van der Waals surface area contributed by atoms with E-state index in [0.29, 0.717) is 11.6 Å². The molecular weight excluding hydrogens is 324 g/mol. The minimum absolute atomic E-state index is 0.00329. The number of aryl methyl sites for hydroxylation is 1. The molecule has 0 radical (unpaired) electrons. The fourth-order valence-electron chi connectivity index (χ4n) is 3.19. The SMILES string of the molecule is CC(=O)N1CCCC[C@@H]1CC(=O)Nc1nc(-c2cccn2C)cs1. The third kappa shape index (κ3) is 3.67. The van der Waals surface area contributed by atoms with Crippen LogP contribution in [0.4, 0.5) is 5.13 Å². The standard InChI is InChI=1S/C17H22N4O2S/c1-12(22)21-9-4-3-6-13(21)10-16(23)19-17-18-14(11-24-17)15-7-5-8-20(15)2/h5,7-8,11,13H,3-4,6,9-10H2,1-2H3,(H,18,19,23)/t13-/m1/s1. The molecule has 0 saturated carbocycles. The Morgan fingerprint density at radius 3 is 2.96 bits per heavy atom. The first-order chi connectivity index (χ1) is 11.5. The van der Waals surface area contributed by atoms with Crippen molar-refractivity contribution in [1.29, 1.82) is 0 Å². The Labute approximate surface area is 145 Å². The van der Waals surface area contributed by atoms with Gasteiger partial charge in [0.15, 0.2) is 5.13 Å². The van der Waals surface area contributed by atoms with Crippen LogP contribution in [-0.2, 0) is 16.6 Å². The second-order valence-electron chi connectivity index (χ2n) is 6.16. The van der Waals surface area contributed by atoms with E-state index in [1.165, 1.54) is 11.3 Å². The molecule has 1 saturated heterocycles. The molecule has 7 heteroatoms. The number of amides is 2. The van der Waals surface area contributed by atoms with E-state index in [-0.39, 0.29) is 17.9 Å². The van der Waals surface area contributed by atoms with Gasteiger partial charge in [-0.3, -0.25) is 9.59 Å². The number of rotatable bonds is 4. The number of nitrogens with one attached hydrogen (secondary N) is 1. The van der Waals surface area contributed by atoms with Crippen LogP contribution < -0.4 is 5.32 Å². The summed E-state index contributed by atoms with van der Waals surface area (Å²) >= 11 is 1.42. The van der Waals surface area contributed by atoms with E-state index in [2.05, 4.69) is 10.3 Å². The maximum atomic E-state index is 12.3. The van der Waals surface area contributed by atoms with E-state index in [1.807, 2.05) is 40.2 Å². The lowest BCUT2D eigenvalue weighted by Crippen LogP contribution is -2.44. The maximum Gasteiger partial charge on any atom is 0.228 e. The Kier molecular flexibility index (Phi) is 4.99. The van der Waals surface area contributed by atoms with Crippen LogP contribution in [0.2, 0.25) is 0 Å². The third-order valence-corrected chi connectivity index (χ3v) is 5.17. The van der Waals surface area contributed by atoms with Crippen molar-refractivity contribution in [3.05, 3.63) is 23.7 Å². The van der Waals surface area contributed by atoms with Crippen molar-refractivity contribution in [1.82, 2.24) is 14.5 Å². The van der Waals surface area contributed by atoms with E-state index in [9.17, 15) is 9.59 Å². The number of hydrogen-bond donors (Lipinski definition) is 1. The highest BCUT2D eigenvalue weighted by atomic mass is 32.1. The molecule has 1 aliphatic rings. The van der Waals surface area contributed by atoms with E-state index in [4.69, 9.17) is 0 Å². The van der Waals surface area contributed by atoms with Crippen molar-refractivity contribution in [2.75, 3.05) is 11.9 Å². The summed E-state index contributed by atoms with van der Waals surface area (Å²) in [6.07, 6.45) is 5.27. The molecule has 1 atom stereocenters. The van der Waals surface area contributed by atoms with Crippen LogP contribution in [0.5, 0.6) is 0 Å². The smallest absolute Gasteiger partial charge is 0.228 e. The van der Waals surface area contributed by atoms with Crippen molar-refractivity contribution in [3.8, 4) is 11.4 Å². The molecule has 6 nitrogen and oxygen atoms in total. The summed E-state index contributed by atoms with van der Waals surface area (Å²) in [7, 11) is 1.96. The summed E-state index contributed by atoms with van der Waals surface area (Å²) in [5.41, 5.74) is 1.87. The molecule has 2 amide bonds. The van der Waals surface area contributed by atoms with Crippen LogP contribution in [0.1, 0.15) is 32.6 Å². The molecule has 0 aliphatic carbocycles. The van der Waals surface area contributed by atoms with E-state index in [0.717, 1.165) is 37.2 Å². The molecule has 2 aromatic heterocycles. The van der Waals surface area contributed by atoms with Gasteiger partial charge in [-0.05, 0) is 31.4 Å². The monoisotopic (exact) mass is 346 g/mol. The number of carbonyl (C=O) groups is 2. The van der Waals surface area contributed by atoms with Crippen molar-refractivity contribution < 1.29 is 9.59 Å². The fraction of sp³-hybridized carbons (Fsp3) is 0.471. The molecule has 0 bridgehead atoms. The molecule has 1 aliphatic heterocycles. The van der Waals surface area contributed by atoms with Crippen LogP contribution >= 0.6 is 11.3 Å². The van der Waals surface area contributed by atoms with Gasteiger partial charge in [0.05, 0.1) is 11.4 Å². The molecule has 24 heavy (non-hydrogen) atoms. The Bertz CT molecular complexity index is 737. The van der Waals surface area contributed by atoms with Crippen molar-refractivity contribution >= 4 is 28.3 Å². The molecule has 1 fully saturated rings. The Morgan fingerprint density at radius 2 is 2.25 bits per heavy atom. The fourth-order valence-corrected chi connectivity index (χ4v) is 3.91. The van der Waals surface area contributed by atoms with Gasteiger partial charge in [0.25, 0.3) is 0 Å². The van der Waals surface area contributed by atoms with Crippen LogP contribution in [0.3, 0.4) is 0 Å². The van der Waals surface area contributed by atoms with Crippen LogP contribution in [-0.4, -0.2) is 38.9 Å². The third-order valence-electron chi connectivity index (χ3n) is 4.41. The number of piperidine rings is 1. The zero-order valence-electron chi connectivity index (χ0n) is 14.0. The van der Waals surface area contributed by atoms with Crippen molar-refractivity contribution in [3.63, 3.8) is 0 Å². The predicted molar refractivity (Wildman–Crippen MR) is 94.8 cm³/mol. The summed E-state index contributed by atoms with van der Waals surface area (Å²) in [5.74, 6) is -0.0336. The molecule has 0 aromatic carbocycles. The minimum atomic E-state index is -0.0825. The number of carbonyl (C=O) groups excluding carboxylic acids is 2. The largest absolute Gasteiger partial charge is 0.349 e. The lowest BCUT2D eigenvalue weighted by atomic mass is 9.99. The average Bonchev–Trinajstić information content (AvgIpc) is 3.16. The maximum absolute atomic E-state index is 12.3. The lowest BCUT2D eigenvalue weighted by molar-refractivity contribution is -0.133. The van der Waals surface area contributed by atoms with E-state index >= 15 is 0 Å². The molecule has 1 N–H and O–H groups in total. The Hall–Kier alpha value is -2.15. The molecule has 0 spiro atoms. The van der Waals surface area contributed by atoms with Crippen LogP contribution in [0.15, 0.2) is 23.7 Å². The summed E-state index contributed by atoms with van der Waals surface area (Å²) in [5, 5.41) is 5.41. The number of nitrogens with zero attached hydrogens (tertiary/aromatic N) is 3.